The molecule has 0 aromatic heterocycles. The van der Waals surface area contributed by atoms with Crippen LogP contribution in [-0.4, -0.2) is 33.0 Å². The summed E-state index contributed by atoms with van der Waals surface area (Å²) in [5.41, 5.74) is 1.02. The van der Waals surface area contributed by atoms with Crippen molar-refractivity contribution >= 4 is 16.3 Å². The molecule has 0 radical (unpaired) electrons. The van der Waals surface area contributed by atoms with Gasteiger partial charge in [0.2, 0.25) is 0 Å². The molecular weight excluding hydrogens is 262 g/mol. The third-order valence-electron chi connectivity index (χ3n) is 3.18. The van der Waals surface area contributed by atoms with Crippen LogP contribution in [0.4, 0.5) is 0 Å². The van der Waals surface area contributed by atoms with E-state index in [-0.39, 0.29) is 12.1 Å². The molecule has 0 aliphatic heterocycles. The normalized spacial score (nSPS) is 24.7. The summed E-state index contributed by atoms with van der Waals surface area (Å²) in [6.45, 7) is 0. The number of hydrogen-bond acceptors (Lipinski definition) is 4. The maximum absolute atomic E-state index is 11.2. The first kappa shape index (κ1) is 14.2. The van der Waals surface area contributed by atoms with Gasteiger partial charge in [-0.2, -0.15) is 8.42 Å². The minimum Gasteiger partial charge on any atom is -0.286 e. The average Bonchev–Trinajstić information content (AvgIpc) is 2.37. The van der Waals surface area contributed by atoms with E-state index < -0.39 is 10.1 Å². The molecule has 19 heavy (non-hydrogen) atoms. The van der Waals surface area contributed by atoms with Gasteiger partial charge >= 0.3 is 0 Å². The minimum absolute atomic E-state index is 0.0660. The number of hydrogen-bond donors (Lipinski definition) is 0. The van der Waals surface area contributed by atoms with E-state index in [0.29, 0.717) is 0 Å². The van der Waals surface area contributed by atoms with Gasteiger partial charge in [0, 0.05) is 6.21 Å². The van der Waals surface area contributed by atoms with Crippen LogP contribution in [0.5, 0.6) is 0 Å². The lowest BCUT2D eigenvalue weighted by Gasteiger charge is -2.27. The van der Waals surface area contributed by atoms with Crippen LogP contribution >= 0.6 is 0 Å². The molecular formula is C14H19NO3S. The summed E-state index contributed by atoms with van der Waals surface area (Å²) in [7, 11) is -3.41. The highest BCUT2D eigenvalue weighted by Crippen LogP contribution is 2.25. The van der Waals surface area contributed by atoms with Crippen molar-refractivity contribution in [2.24, 2.45) is 4.99 Å². The van der Waals surface area contributed by atoms with Crippen LogP contribution in [-0.2, 0) is 14.3 Å². The zero-order chi connectivity index (χ0) is 13.7. The molecule has 1 aliphatic rings. The van der Waals surface area contributed by atoms with Crippen molar-refractivity contribution < 1.29 is 12.6 Å². The van der Waals surface area contributed by atoms with E-state index >= 15 is 0 Å². The zero-order valence-electron chi connectivity index (χ0n) is 11.0. The smallest absolute Gasteiger partial charge is 0.264 e. The topological polar surface area (TPSA) is 55.7 Å². The lowest BCUT2D eigenvalue weighted by atomic mass is 9.93. The molecule has 0 saturated heterocycles. The van der Waals surface area contributed by atoms with Crippen LogP contribution in [0.25, 0.3) is 0 Å². The second-order valence-electron chi connectivity index (χ2n) is 4.88. The van der Waals surface area contributed by atoms with Gasteiger partial charge in [0.1, 0.15) is 0 Å². The third kappa shape index (κ3) is 4.76. The first-order valence-electron chi connectivity index (χ1n) is 6.51. The van der Waals surface area contributed by atoms with E-state index in [0.717, 1.165) is 37.5 Å². The number of aliphatic imine (C=N–C) groups is 1. The molecule has 0 spiro atoms. The molecule has 2 rings (SSSR count). The van der Waals surface area contributed by atoms with Crippen molar-refractivity contribution in [3.8, 4) is 0 Å². The van der Waals surface area contributed by atoms with Crippen LogP contribution in [0, 0.1) is 0 Å². The van der Waals surface area contributed by atoms with Crippen LogP contribution < -0.4 is 0 Å². The predicted molar refractivity (Wildman–Crippen MR) is 76.0 cm³/mol. The Morgan fingerprint density at radius 3 is 2.58 bits per heavy atom. The molecule has 4 nitrogen and oxygen atoms in total. The summed E-state index contributed by atoms with van der Waals surface area (Å²) < 4.78 is 27.6. The van der Waals surface area contributed by atoms with Gasteiger partial charge in [-0.25, -0.2) is 0 Å². The van der Waals surface area contributed by atoms with Gasteiger partial charge < -0.3 is 0 Å². The van der Waals surface area contributed by atoms with Crippen molar-refractivity contribution in [3.63, 3.8) is 0 Å². The van der Waals surface area contributed by atoms with Gasteiger partial charge in [-0.3, -0.25) is 9.18 Å². The Bertz CT molecular complexity index is 525. The molecule has 0 bridgehead atoms. The fourth-order valence-corrected chi connectivity index (χ4v) is 2.98. The van der Waals surface area contributed by atoms with E-state index in [4.69, 9.17) is 4.18 Å². The number of benzene rings is 1. The fourth-order valence-electron chi connectivity index (χ4n) is 2.31. The van der Waals surface area contributed by atoms with Crippen molar-refractivity contribution in [1.82, 2.24) is 0 Å². The van der Waals surface area contributed by atoms with Crippen LogP contribution in [0.1, 0.15) is 31.2 Å². The first-order valence-corrected chi connectivity index (χ1v) is 8.33. The largest absolute Gasteiger partial charge is 0.286 e. The van der Waals surface area contributed by atoms with Gasteiger partial charge in [0.25, 0.3) is 10.1 Å². The molecule has 0 heterocycles. The highest BCUT2D eigenvalue weighted by molar-refractivity contribution is 7.86. The van der Waals surface area contributed by atoms with E-state index in [2.05, 4.69) is 4.99 Å². The highest BCUT2D eigenvalue weighted by atomic mass is 32.2. The van der Waals surface area contributed by atoms with Gasteiger partial charge in [-0.15, -0.1) is 0 Å². The molecule has 1 aromatic carbocycles. The summed E-state index contributed by atoms with van der Waals surface area (Å²) in [6, 6.07) is 9.73. The van der Waals surface area contributed by atoms with E-state index in [1.165, 1.54) is 0 Å². The van der Waals surface area contributed by atoms with Gasteiger partial charge in [-0.05, 0) is 18.4 Å². The van der Waals surface area contributed by atoms with Crippen molar-refractivity contribution in [1.29, 1.82) is 0 Å². The standard InChI is InChI=1S/C14H19NO3S/c1-19(16,17)18-14-10-6-5-9-13(14)15-11-12-7-3-2-4-8-12/h2-4,7-8,11,13-14H,5-6,9-10H2,1H3/t13?,14-/m0/s1. The Labute approximate surface area is 114 Å². The fraction of sp³-hybridized carbons (Fsp3) is 0.500. The Balaban J connectivity index is 2.06. The Kier molecular flexibility index (Phi) is 4.71. The van der Waals surface area contributed by atoms with Crippen LogP contribution in [0.2, 0.25) is 0 Å². The molecule has 104 valence electrons. The van der Waals surface area contributed by atoms with Gasteiger partial charge in [0.15, 0.2) is 0 Å². The lowest BCUT2D eigenvalue weighted by Crippen LogP contribution is -2.33. The van der Waals surface area contributed by atoms with Gasteiger partial charge in [-0.1, -0.05) is 43.2 Å². The second kappa shape index (κ2) is 6.30. The molecule has 2 atom stereocenters. The summed E-state index contributed by atoms with van der Waals surface area (Å²) in [5, 5.41) is 0. The quantitative estimate of drug-likeness (QED) is 0.629. The third-order valence-corrected chi connectivity index (χ3v) is 3.78. The summed E-state index contributed by atoms with van der Waals surface area (Å²) in [4.78, 5) is 4.50. The highest BCUT2D eigenvalue weighted by Gasteiger charge is 2.28. The van der Waals surface area contributed by atoms with Crippen molar-refractivity contribution in [3.05, 3.63) is 35.9 Å². The van der Waals surface area contributed by atoms with E-state index in [1.54, 1.807) is 6.21 Å². The minimum atomic E-state index is -3.41. The molecule has 0 amide bonds. The second-order valence-corrected chi connectivity index (χ2v) is 6.48. The van der Waals surface area contributed by atoms with Crippen LogP contribution in [0.3, 0.4) is 0 Å². The maximum Gasteiger partial charge on any atom is 0.264 e. The SMILES string of the molecule is CS(=O)(=O)O[C@H]1CCCCC1N=Cc1ccccc1. The molecule has 1 unspecified atom stereocenters. The average molecular weight is 281 g/mol. The van der Waals surface area contributed by atoms with Crippen molar-refractivity contribution in [2.45, 2.75) is 37.8 Å². The monoisotopic (exact) mass is 281 g/mol. The van der Waals surface area contributed by atoms with E-state index in [1.807, 2.05) is 30.3 Å². The first-order chi connectivity index (χ1) is 9.04. The molecule has 1 saturated carbocycles. The van der Waals surface area contributed by atoms with Crippen molar-refractivity contribution in [2.75, 3.05) is 6.26 Å². The summed E-state index contributed by atoms with van der Waals surface area (Å²) in [5.74, 6) is 0. The predicted octanol–water partition coefficient (Wildman–Crippen LogP) is 2.39. The maximum atomic E-state index is 11.2. The zero-order valence-corrected chi connectivity index (χ0v) is 11.8. The molecule has 1 aliphatic carbocycles. The Morgan fingerprint density at radius 1 is 1.21 bits per heavy atom. The lowest BCUT2D eigenvalue weighted by molar-refractivity contribution is 0.142. The summed E-state index contributed by atoms with van der Waals surface area (Å²) >= 11 is 0. The number of rotatable bonds is 4. The van der Waals surface area contributed by atoms with E-state index in [9.17, 15) is 8.42 Å². The van der Waals surface area contributed by atoms with Gasteiger partial charge in [0.05, 0.1) is 18.4 Å². The summed E-state index contributed by atoms with van der Waals surface area (Å²) in [6.07, 6.45) is 6.28. The molecule has 1 aromatic rings. The Hall–Kier alpha value is -1.20. The Morgan fingerprint density at radius 2 is 1.89 bits per heavy atom. The number of nitrogens with zero attached hydrogens (tertiary/aromatic N) is 1. The molecule has 0 N–H and O–H groups in total. The van der Waals surface area contributed by atoms with Crippen LogP contribution in [0.15, 0.2) is 35.3 Å². The molecule has 5 heteroatoms. The molecule has 1 fully saturated rings.